The fraction of sp³-hybridized carbons (Fsp3) is 0.500. The molecule has 6 heterocycles. The molecule has 0 aliphatic carbocycles. The van der Waals surface area contributed by atoms with Gasteiger partial charge in [0.15, 0.2) is 5.65 Å². The van der Waals surface area contributed by atoms with Crippen molar-refractivity contribution in [2.45, 2.75) is 64.1 Å². The van der Waals surface area contributed by atoms with Crippen LogP contribution in [0.3, 0.4) is 0 Å². The first-order valence-electron chi connectivity index (χ1n) is 14.2. The van der Waals surface area contributed by atoms with Crippen molar-refractivity contribution in [3.05, 3.63) is 53.0 Å². The third-order valence-electron chi connectivity index (χ3n) is 8.91. The van der Waals surface area contributed by atoms with Gasteiger partial charge in [0.25, 0.3) is 5.92 Å². The number of amides is 1. The summed E-state index contributed by atoms with van der Waals surface area (Å²) < 4.78 is 34.8. The first kappa shape index (κ1) is 25.6. The zero-order chi connectivity index (χ0) is 27.6. The largest absolute Gasteiger partial charge is 0.372 e. The van der Waals surface area contributed by atoms with Gasteiger partial charge in [0, 0.05) is 54.3 Å². The Morgan fingerprint density at radius 2 is 1.98 bits per heavy atom. The number of H-pyrrole nitrogens is 1. The number of nitrogens with zero attached hydrogens (tertiary/aromatic N) is 5. The van der Waals surface area contributed by atoms with E-state index in [1.165, 1.54) is 22.1 Å². The molecule has 40 heavy (non-hydrogen) atoms. The molecule has 1 N–H and O–H groups in total. The number of likely N-dealkylation sites (tertiary alicyclic amines) is 2. The minimum Gasteiger partial charge on any atom is -0.372 e. The van der Waals surface area contributed by atoms with Crippen LogP contribution in [0.5, 0.6) is 0 Å². The van der Waals surface area contributed by atoms with Gasteiger partial charge in [0.2, 0.25) is 5.91 Å². The lowest BCUT2D eigenvalue weighted by atomic mass is 9.87. The van der Waals surface area contributed by atoms with Gasteiger partial charge in [-0.15, -0.1) is 0 Å². The Morgan fingerprint density at radius 1 is 1.18 bits per heavy atom. The summed E-state index contributed by atoms with van der Waals surface area (Å²) in [6.07, 6.45) is 5.23. The van der Waals surface area contributed by atoms with E-state index in [1.807, 2.05) is 9.42 Å². The van der Waals surface area contributed by atoms with Crippen molar-refractivity contribution in [3.63, 3.8) is 0 Å². The van der Waals surface area contributed by atoms with Crippen molar-refractivity contribution in [3.8, 4) is 11.3 Å². The summed E-state index contributed by atoms with van der Waals surface area (Å²) in [7, 11) is 0. The van der Waals surface area contributed by atoms with Crippen LogP contribution in [-0.4, -0.2) is 73.9 Å². The molecule has 2 fully saturated rings. The van der Waals surface area contributed by atoms with E-state index in [-0.39, 0.29) is 32.0 Å². The average Bonchev–Trinajstić information content (AvgIpc) is 3.72. The molecule has 0 saturated carbocycles. The number of hydrogen-bond acceptors (Lipinski definition) is 5. The molecule has 0 spiro atoms. The highest BCUT2D eigenvalue weighted by Crippen LogP contribution is 2.41. The first-order chi connectivity index (χ1) is 19.3. The molecule has 8 nitrogen and oxygen atoms in total. The molecular weight excluding hydrogens is 514 g/mol. The summed E-state index contributed by atoms with van der Waals surface area (Å²) in [5, 5.41) is 5.64. The second-order valence-electron chi connectivity index (χ2n) is 11.9. The number of rotatable bonds is 5. The summed E-state index contributed by atoms with van der Waals surface area (Å²) >= 11 is 0. The lowest BCUT2D eigenvalue weighted by Crippen LogP contribution is -2.43. The van der Waals surface area contributed by atoms with E-state index >= 15 is 0 Å². The second kappa shape index (κ2) is 9.62. The quantitative estimate of drug-likeness (QED) is 0.377. The molecule has 210 valence electrons. The lowest BCUT2D eigenvalue weighted by Gasteiger charge is -2.33. The number of piperidine rings is 1. The molecule has 0 atom stereocenters. The number of pyridine rings is 1. The second-order valence-corrected chi connectivity index (χ2v) is 11.9. The number of carbonyl (C=O) groups excluding carboxylic acids is 1. The number of benzene rings is 1. The van der Waals surface area contributed by atoms with Gasteiger partial charge >= 0.3 is 0 Å². The van der Waals surface area contributed by atoms with Gasteiger partial charge in [-0.3, -0.25) is 9.69 Å². The number of ether oxygens (including phenoxy) is 1. The van der Waals surface area contributed by atoms with Gasteiger partial charge in [-0.1, -0.05) is 19.9 Å². The summed E-state index contributed by atoms with van der Waals surface area (Å²) in [5.74, 6) is -2.06. The van der Waals surface area contributed by atoms with Gasteiger partial charge in [0.05, 0.1) is 32.0 Å². The SMILES string of the molecule is CC(C)c1c(-c2cn3ncnc3c3c2COC3)[nH]c2ccc(C3CCN(C(=O)CN4CCC(F)(F)C4)CC3)cc12. The standard InChI is InChI=1S/C30H34F2N6O2/c1-18(2)27-21-11-20(19-5-8-37(9-6-19)26(39)13-36-10-7-30(31,32)16-36)3-4-25(21)35-28(27)22-12-38-29(33-17-34-38)24-15-40-14-23(22)24/h3-4,11-12,17-19,35H,5-10,13-16H2,1-2H3. The highest BCUT2D eigenvalue weighted by molar-refractivity contribution is 5.93. The predicted molar refractivity (Wildman–Crippen MR) is 147 cm³/mol. The Morgan fingerprint density at radius 3 is 2.73 bits per heavy atom. The molecule has 4 aromatic rings. The summed E-state index contributed by atoms with van der Waals surface area (Å²) in [6.45, 7) is 6.93. The molecule has 0 radical (unpaired) electrons. The molecule has 1 aromatic carbocycles. The molecule has 2 saturated heterocycles. The van der Waals surface area contributed by atoms with Crippen molar-refractivity contribution in [2.24, 2.45) is 0 Å². The van der Waals surface area contributed by atoms with Crippen molar-refractivity contribution in [1.82, 2.24) is 29.4 Å². The van der Waals surface area contributed by atoms with Gasteiger partial charge in [-0.05, 0) is 53.5 Å². The normalized spacial score (nSPS) is 19.9. The Balaban J connectivity index is 1.14. The summed E-state index contributed by atoms with van der Waals surface area (Å²) in [4.78, 5) is 24.4. The number of halogens is 2. The topological polar surface area (TPSA) is 78.8 Å². The number of nitrogens with one attached hydrogen (secondary N) is 1. The van der Waals surface area contributed by atoms with E-state index in [2.05, 4.69) is 53.3 Å². The fourth-order valence-electron chi connectivity index (χ4n) is 6.84. The maximum absolute atomic E-state index is 13.5. The van der Waals surface area contributed by atoms with Gasteiger partial charge < -0.3 is 14.6 Å². The van der Waals surface area contributed by atoms with Crippen molar-refractivity contribution in [2.75, 3.05) is 32.7 Å². The first-order valence-corrected chi connectivity index (χ1v) is 14.2. The van der Waals surface area contributed by atoms with Crippen LogP contribution in [0.2, 0.25) is 0 Å². The summed E-state index contributed by atoms with van der Waals surface area (Å²) in [5.41, 5.74) is 9.00. The van der Waals surface area contributed by atoms with E-state index in [1.54, 1.807) is 11.2 Å². The molecule has 0 bridgehead atoms. The van der Waals surface area contributed by atoms with Crippen LogP contribution < -0.4 is 0 Å². The molecule has 3 aliphatic rings. The number of carbonyl (C=O) groups is 1. The number of hydrogen-bond donors (Lipinski definition) is 1. The van der Waals surface area contributed by atoms with Gasteiger partial charge in [0.1, 0.15) is 6.33 Å². The Bertz CT molecular complexity index is 1600. The van der Waals surface area contributed by atoms with Crippen molar-refractivity contribution in [1.29, 1.82) is 0 Å². The minimum atomic E-state index is -2.67. The number of alkyl halides is 2. The van der Waals surface area contributed by atoms with Crippen LogP contribution in [0.1, 0.15) is 67.2 Å². The van der Waals surface area contributed by atoms with Gasteiger partial charge in [-0.25, -0.2) is 18.3 Å². The number of aromatic nitrogens is 4. The van der Waals surface area contributed by atoms with E-state index in [0.29, 0.717) is 38.1 Å². The van der Waals surface area contributed by atoms with Crippen LogP contribution >= 0.6 is 0 Å². The monoisotopic (exact) mass is 548 g/mol. The van der Waals surface area contributed by atoms with Crippen LogP contribution in [0.25, 0.3) is 27.8 Å². The van der Waals surface area contributed by atoms with E-state index < -0.39 is 5.92 Å². The molecule has 7 rings (SSSR count). The smallest absolute Gasteiger partial charge is 0.261 e. The molecular formula is C30H34F2N6O2. The van der Waals surface area contributed by atoms with Crippen LogP contribution in [0, 0.1) is 0 Å². The maximum atomic E-state index is 13.5. The zero-order valence-electron chi connectivity index (χ0n) is 22.9. The summed E-state index contributed by atoms with van der Waals surface area (Å²) in [6, 6.07) is 6.70. The van der Waals surface area contributed by atoms with Gasteiger partial charge in [-0.2, -0.15) is 5.10 Å². The molecule has 3 aliphatic heterocycles. The molecule has 1 amide bonds. The molecule has 10 heteroatoms. The lowest BCUT2D eigenvalue weighted by molar-refractivity contribution is -0.133. The third kappa shape index (κ3) is 4.37. The number of fused-ring (bicyclic) bond motifs is 4. The maximum Gasteiger partial charge on any atom is 0.261 e. The van der Waals surface area contributed by atoms with E-state index in [4.69, 9.17) is 4.74 Å². The highest BCUT2D eigenvalue weighted by atomic mass is 19.3. The number of aromatic amines is 1. The third-order valence-corrected chi connectivity index (χ3v) is 8.91. The minimum absolute atomic E-state index is 0.0372. The van der Waals surface area contributed by atoms with Crippen molar-refractivity contribution < 1.29 is 18.3 Å². The Kier molecular flexibility index (Phi) is 6.16. The Hall–Kier alpha value is -3.37. The van der Waals surface area contributed by atoms with Crippen LogP contribution in [0.4, 0.5) is 8.78 Å². The predicted octanol–water partition coefficient (Wildman–Crippen LogP) is 5.08. The Labute approximate surface area is 231 Å². The molecule has 3 aromatic heterocycles. The zero-order valence-corrected chi connectivity index (χ0v) is 22.9. The molecule has 0 unspecified atom stereocenters. The van der Waals surface area contributed by atoms with E-state index in [0.717, 1.165) is 40.8 Å². The fourth-order valence-corrected chi connectivity index (χ4v) is 6.84. The highest BCUT2D eigenvalue weighted by Gasteiger charge is 2.39. The van der Waals surface area contributed by atoms with Crippen LogP contribution in [0.15, 0.2) is 30.7 Å². The van der Waals surface area contributed by atoms with Crippen molar-refractivity contribution >= 4 is 22.5 Å². The van der Waals surface area contributed by atoms with E-state index in [9.17, 15) is 13.6 Å². The van der Waals surface area contributed by atoms with Crippen LogP contribution in [-0.2, 0) is 22.7 Å². The average molecular weight is 549 g/mol.